The number of carbonyl (C=O) groups is 4. The van der Waals surface area contributed by atoms with Crippen LogP contribution in [-0.2, 0) is 30.4 Å². The number of nitrogens with one attached hydrogen (secondary N) is 1. The first-order valence-electron chi connectivity index (χ1n) is 19.5. The summed E-state index contributed by atoms with van der Waals surface area (Å²) in [6, 6.07) is 14.4. The van der Waals surface area contributed by atoms with E-state index in [-0.39, 0.29) is 61.4 Å². The number of ether oxygens (including phenoxy) is 3. The van der Waals surface area contributed by atoms with Crippen molar-refractivity contribution in [2.75, 3.05) is 91.7 Å². The van der Waals surface area contributed by atoms with E-state index in [1.807, 2.05) is 44.2 Å². The van der Waals surface area contributed by atoms with Crippen molar-refractivity contribution in [2.45, 2.75) is 59.9 Å². The lowest BCUT2D eigenvalue weighted by Gasteiger charge is -2.36. The van der Waals surface area contributed by atoms with Crippen LogP contribution in [0, 0.1) is 23.3 Å². The predicted molar refractivity (Wildman–Crippen MR) is 222 cm³/mol. The second-order valence-corrected chi connectivity index (χ2v) is 14.6. The van der Waals surface area contributed by atoms with Gasteiger partial charge in [-0.15, -0.1) is 0 Å². The van der Waals surface area contributed by atoms with E-state index in [1.54, 1.807) is 14.7 Å². The molecule has 3 aromatic rings. The second-order valence-electron chi connectivity index (χ2n) is 14.1. The van der Waals surface area contributed by atoms with E-state index in [0.29, 0.717) is 78.4 Å². The molecule has 7 rings (SSSR count). The Morgan fingerprint density at radius 2 is 1.17 bits per heavy atom. The minimum absolute atomic E-state index is 0. The van der Waals surface area contributed by atoms with Gasteiger partial charge in [0.25, 0.3) is 0 Å². The molecular weight excluding hydrogens is 812 g/mol. The van der Waals surface area contributed by atoms with Crippen molar-refractivity contribution < 1.29 is 51.0 Å². The van der Waals surface area contributed by atoms with E-state index in [4.69, 9.17) is 25.8 Å². The number of hydrogen-bond acceptors (Lipinski definition) is 10. The van der Waals surface area contributed by atoms with Crippen LogP contribution in [0.4, 0.5) is 49.9 Å². The molecule has 0 unspecified atom stereocenters. The summed E-state index contributed by atoms with van der Waals surface area (Å²) < 4.78 is 73.1. The van der Waals surface area contributed by atoms with Crippen LogP contribution >= 0.6 is 11.6 Å². The van der Waals surface area contributed by atoms with Crippen molar-refractivity contribution in [1.29, 1.82) is 0 Å². The lowest BCUT2D eigenvalue weighted by molar-refractivity contribution is -0.129. The van der Waals surface area contributed by atoms with Crippen LogP contribution in [0.3, 0.4) is 0 Å². The average Bonchev–Trinajstić information content (AvgIpc) is 3.80. The Kier molecular flexibility index (Phi) is 17.8. The molecule has 4 heterocycles. The number of cyclic esters (lactones) is 2. The molecule has 0 aromatic heterocycles. The number of piperazine rings is 2. The highest BCUT2D eigenvalue weighted by Gasteiger charge is 2.34. The highest BCUT2D eigenvalue weighted by molar-refractivity contribution is 6.63. The zero-order valence-electron chi connectivity index (χ0n) is 33.2. The van der Waals surface area contributed by atoms with Gasteiger partial charge in [0.2, 0.25) is 11.1 Å². The largest absolute Gasteiger partial charge is 0.444 e. The summed E-state index contributed by atoms with van der Waals surface area (Å²) in [4.78, 5) is 52.7. The van der Waals surface area contributed by atoms with E-state index < -0.39 is 40.7 Å². The summed E-state index contributed by atoms with van der Waals surface area (Å²) in [7, 11) is 0. The smallest absolute Gasteiger partial charge is 0.414 e. The fourth-order valence-corrected chi connectivity index (χ4v) is 6.94. The molecule has 4 fully saturated rings. The minimum atomic E-state index is -0.723. The van der Waals surface area contributed by atoms with Gasteiger partial charge in [-0.1, -0.05) is 51.6 Å². The number of amides is 3. The molecule has 4 aliphatic heterocycles. The normalized spacial score (nSPS) is 18.8. The van der Waals surface area contributed by atoms with E-state index in [2.05, 4.69) is 5.32 Å². The lowest BCUT2D eigenvalue weighted by atomic mass is 10.2. The van der Waals surface area contributed by atoms with Crippen molar-refractivity contribution >= 4 is 57.7 Å². The molecule has 0 spiro atoms. The van der Waals surface area contributed by atoms with Crippen molar-refractivity contribution in [3.8, 4) is 0 Å². The minimum Gasteiger partial charge on any atom is -0.444 e. The molecule has 2 atom stereocenters. The Morgan fingerprint density at radius 1 is 0.733 bits per heavy atom. The van der Waals surface area contributed by atoms with Crippen LogP contribution in [-0.4, -0.2) is 112 Å². The molecule has 3 aromatic carbocycles. The quantitative estimate of drug-likeness (QED) is 0.167. The first-order chi connectivity index (χ1) is 28.3. The van der Waals surface area contributed by atoms with Gasteiger partial charge in [-0.05, 0) is 30.0 Å². The van der Waals surface area contributed by atoms with E-state index >= 15 is 0 Å². The predicted octanol–water partition coefficient (Wildman–Crippen LogP) is 7.08. The fraction of sp³-hybridized carbons (Fsp3) is 0.476. The van der Waals surface area contributed by atoms with Gasteiger partial charge in [-0.2, -0.15) is 0 Å². The number of halogens is 5. The van der Waals surface area contributed by atoms with E-state index in [1.165, 1.54) is 28.9 Å². The summed E-state index contributed by atoms with van der Waals surface area (Å²) in [5.74, 6) is -2.79. The van der Waals surface area contributed by atoms with Crippen LogP contribution < -0.4 is 24.9 Å². The molecule has 18 heteroatoms. The van der Waals surface area contributed by atoms with Crippen molar-refractivity contribution in [2.24, 2.45) is 0 Å². The van der Waals surface area contributed by atoms with E-state index in [9.17, 15) is 36.7 Å². The maximum atomic E-state index is 14.6. The second kappa shape index (κ2) is 22.5. The van der Waals surface area contributed by atoms with Gasteiger partial charge in [0.15, 0.2) is 23.3 Å². The van der Waals surface area contributed by atoms with Crippen molar-refractivity contribution in [1.82, 2.24) is 10.2 Å². The SMILES string of the molecule is C.CC[C@H]1CN(c2cc(F)c(N3CCN(C(C)=O)CC3)c(F)c2)C(=O)O1.CC[C@H]1CN(c2cc(F)c(N3CCNCC3)c(F)c2)C(=O)O1.O=C(Cl)COCc1ccccc1. The van der Waals surface area contributed by atoms with Gasteiger partial charge in [-0.3, -0.25) is 19.4 Å². The summed E-state index contributed by atoms with van der Waals surface area (Å²) in [6.07, 6.45) is -0.323. The number of nitrogens with zero attached hydrogens (tertiary/aromatic N) is 5. The van der Waals surface area contributed by atoms with Crippen LogP contribution in [0.25, 0.3) is 0 Å². The number of benzene rings is 3. The van der Waals surface area contributed by atoms with Crippen LogP contribution in [0.1, 0.15) is 46.6 Å². The molecule has 4 aliphatic rings. The maximum Gasteiger partial charge on any atom is 0.414 e. The first-order valence-corrected chi connectivity index (χ1v) is 19.9. The number of hydrogen-bond donors (Lipinski definition) is 1. The zero-order chi connectivity index (χ0) is 42.6. The lowest BCUT2D eigenvalue weighted by Crippen LogP contribution is -2.48. The molecule has 0 saturated carbocycles. The molecule has 4 saturated heterocycles. The molecule has 0 bridgehead atoms. The topological polar surface area (TPSA) is 124 Å². The summed E-state index contributed by atoms with van der Waals surface area (Å²) in [6.45, 7) is 10.3. The Morgan fingerprint density at radius 3 is 1.55 bits per heavy atom. The van der Waals surface area contributed by atoms with Crippen LogP contribution in [0.5, 0.6) is 0 Å². The molecule has 60 heavy (non-hydrogen) atoms. The Labute approximate surface area is 353 Å². The first kappa shape index (κ1) is 47.5. The monoisotopic (exact) mass is 864 g/mol. The fourth-order valence-electron chi connectivity index (χ4n) is 6.87. The molecule has 1 N–H and O–H groups in total. The molecule has 13 nitrogen and oxygen atoms in total. The third-order valence-electron chi connectivity index (χ3n) is 10.1. The van der Waals surface area contributed by atoms with Crippen LogP contribution in [0.15, 0.2) is 54.6 Å². The third kappa shape index (κ3) is 12.5. The highest BCUT2D eigenvalue weighted by Crippen LogP contribution is 2.33. The van der Waals surface area contributed by atoms with Gasteiger partial charge in [-0.25, -0.2) is 27.2 Å². The van der Waals surface area contributed by atoms with Crippen molar-refractivity contribution in [3.05, 3.63) is 83.4 Å². The van der Waals surface area contributed by atoms with Gasteiger partial charge >= 0.3 is 12.2 Å². The Bertz CT molecular complexity index is 1890. The number of rotatable bonds is 10. The van der Waals surface area contributed by atoms with Crippen LogP contribution in [0.2, 0.25) is 0 Å². The number of anilines is 4. The maximum absolute atomic E-state index is 14.6. The standard InChI is InChI=1S/C17H21F2N3O3.C15H19F2N3O2.C9H9ClO2.CH4/c1-3-13-10-22(17(24)25-13)12-8-14(18)16(15(19)9-12)21-6-4-20(5-7-21)11(2)23;1-2-11-9-20(15(21)22-11)10-7-12(16)14(13(17)8-10)19-5-3-18-4-6-19;10-9(11)7-12-6-8-4-2-1-3-5-8;/h8-9,13H,3-7,10H2,1-2H3;7-8,11,18H,2-6,9H2,1H3;1-5H,6-7H2;1H4/t13-;11-;;/m00../s1. The molecule has 0 radical (unpaired) electrons. The zero-order valence-corrected chi connectivity index (χ0v) is 34.0. The Balaban J connectivity index is 0.000000208. The third-order valence-corrected chi connectivity index (χ3v) is 10.2. The number of carbonyl (C=O) groups excluding carboxylic acids is 4. The van der Waals surface area contributed by atoms with Gasteiger partial charge in [0, 0.05) is 83.5 Å². The van der Waals surface area contributed by atoms with Crippen molar-refractivity contribution in [3.63, 3.8) is 0 Å². The summed E-state index contributed by atoms with van der Waals surface area (Å²) in [5.41, 5.74) is 1.25. The molecular formula is C42H53ClF4N6O7. The molecule has 0 aliphatic carbocycles. The summed E-state index contributed by atoms with van der Waals surface area (Å²) in [5, 5.41) is 2.67. The van der Waals surface area contributed by atoms with Gasteiger partial charge in [0.1, 0.15) is 30.2 Å². The Hall–Kier alpha value is -5.13. The molecule has 3 amide bonds. The highest BCUT2D eigenvalue weighted by atomic mass is 35.5. The van der Waals surface area contributed by atoms with Gasteiger partial charge in [0.05, 0.1) is 31.1 Å². The van der Waals surface area contributed by atoms with E-state index in [0.717, 1.165) is 17.7 Å². The summed E-state index contributed by atoms with van der Waals surface area (Å²) >= 11 is 5.08. The van der Waals surface area contributed by atoms with Gasteiger partial charge < -0.3 is 34.2 Å². The molecule has 328 valence electrons. The average molecular weight is 865 g/mol.